The molecule has 0 saturated carbocycles. The maximum Gasteiger partial charge on any atom is 0.245 e. The van der Waals surface area contributed by atoms with Gasteiger partial charge in [-0.3, -0.25) is 71.9 Å². The van der Waals surface area contributed by atoms with E-state index in [1.54, 1.807) is 83.3 Å². The molecule has 5 aromatic rings. The summed E-state index contributed by atoms with van der Waals surface area (Å²) in [5, 5.41) is 41.7. The number of aryl methyl sites for hydroxylation is 1. The van der Waals surface area contributed by atoms with Gasteiger partial charge in [-0.2, -0.15) is 0 Å². The predicted molar refractivity (Wildman–Crippen MR) is 501 cm³/mol. The lowest BCUT2D eigenvalue weighted by Gasteiger charge is -2.39. The molecule has 22 N–H and O–H groups in total. The van der Waals surface area contributed by atoms with E-state index in [0.29, 0.717) is 97.7 Å². The molecule has 0 aliphatic carbocycles. The molecule has 1 saturated heterocycles. The molecule has 1 aliphatic heterocycles. The molecule has 36 heteroatoms. The Morgan fingerprint density at radius 1 is 0.600 bits per heavy atom. The van der Waals surface area contributed by atoms with Crippen LogP contribution < -0.4 is 86.6 Å². The molecule has 0 spiro atoms. The third-order valence-corrected chi connectivity index (χ3v) is 27.6. The number of hydrogen-bond acceptors (Lipinski definition) is 24. The number of ketones is 5. The lowest BCUT2D eigenvalue weighted by Crippen LogP contribution is -2.63. The number of H-pyrrole nitrogens is 1. The Hall–Kier alpha value is -10.5. The number of carbonyl (C=O) groups is 16. The number of benzene rings is 4. The molecule has 13 atom stereocenters. The van der Waals surface area contributed by atoms with Crippen LogP contribution in [0.3, 0.4) is 0 Å². The van der Waals surface area contributed by atoms with Crippen molar-refractivity contribution in [2.24, 2.45) is 45.9 Å². The number of rotatable bonds is 51. The molecule has 0 bridgehead atoms. The minimum atomic E-state index is -1.90. The van der Waals surface area contributed by atoms with Gasteiger partial charge in [0.1, 0.15) is 60.2 Å². The van der Waals surface area contributed by atoms with E-state index in [-0.39, 0.29) is 114 Å². The van der Waals surface area contributed by atoms with Gasteiger partial charge in [-0.1, -0.05) is 127 Å². The number of amides is 11. The second kappa shape index (κ2) is 53.1. The first-order valence-electron chi connectivity index (χ1n) is 44.9. The number of nitrogens with one attached hydrogen (secondary N) is 11. The molecule has 714 valence electrons. The van der Waals surface area contributed by atoms with Crippen molar-refractivity contribution in [3.05, 3.63) is 113 Å². The fourth-order valence-corrected chi connectivity index (χ4v) is 18.7. The molecule has 0 radical (unpaired) electrons. The van der Waals surface area contributed by atoms with Crippen molar-refractivity contribution in [2.45, 2.75) is 287 Å². The first kappa shape index (κ1) is 108. The second-order valence-corrected chi connectivity index (χ2v) is 39.1. The van der Waals surface area contributed by atoms with Gasteiger partial charge in [0.25, 0.3) is 0 Å². The Bertz CT molecular complexity index is 4730. The lowest BCUT2D eigenvalue weighted by atomic mass is 9.77. The van der Waals surface area contributed by atoms with Gasteiger partial charge >= 0.3 is 0 Å². The van der Waals surface area contributed by atoms with Crippen LogP contribution in [0.2, 0.25) is 0 Å². The maximum atomic E-state index is 16.5. The number of aliphatic hydroxyl groups excluding tert-OH is 1. The van der Waals surface area contributed by atoms with E-state index in [2.05, 4.69) is 58.2 Å². The van der Waals surface area contributed by atoms with E-state index in [4.69, 9.17) is 33.4 Å². The number of fused-ring (bicyclic) bond motifs is 2. The molecule has 1 fully saturated rings. The van der Waals surface area contributed by atoms with Gasteiger partial charge in [0.2, 0.25) is 65.0 Å². The van der Waals surface area contributed by atoms with Gasteiger partial charge < -0.3 is 101 Å². The number of Topliss-reactive ketones (excluding diaryl/α,β-unsaturated/α-hetero) is 5. The van der Waals surface area contributed by atoms with Gasteiger partial charge in [-0.05, 0) is 197 Å². The largest absolute Gasteiger partial charge is 0.492 e. The zero-order valence-electron chi connectivity index (χ0n) is 77.0. The summed E-state index contributed by atoms with van der Waals surface area (Å²) in [5.74, 6) is -13.4. The number of aliphatic hydroxyl groups is 1. The highest BCUT2D eigenvalue weighted by Crippen LogP contribution is 2.47. The molecule has 6 rings (SSSR count). The quantitative estimate of drug-likeness (QED) is 0.0184. The van der Waals surface area contributed by atoms with Gasteiger partial charge in [0.05, 0.1) is 36.1 Å². The predicted octanol–water partition coefficient (Wildman–Crippen LogP) is 4.74. The Kier molecular flexibility index (Phi) is 44.2. The highest BCUT2D eigenvalue weighted by molar-refractivity contribution is 8.77. The minimum absolute atomic E-state index is 0.0380. The number of aromatic nitrogens is 1. The van der Waals surface area contributed by atoms with E-state index < -0.39 is 183 Å². The van der Waals surface area contributed by atoms with Crippen LogP contribution in [0.4, 0.5) is 0 Å². The van der Waals surface area contributed by atoms with Gasteiger partial charge in [-0.15, -0.1) is 0 Å². The third-order valence-electron chi connectivity index (χ3n) is 23.3. The van der Waals surface area contributed by atoms with Crippen LogP contribution in [-0.4, -0.2) is 213 Å². The fraction of sp³-hybridized carbons (Fsp3) is 0.574. The molecule has 2 heterocycles. The van der Waals surface area contributed by atoms with Crippen molar-refractivity contribution in [1.82, 2.24) is 58.2 Å². The first-order chi connectivity index (χ1) is 61.5. The van der Waals surface area contributed by atoms with Crippen LogP contribution in [0.25, 0.3) is 21.7 Å². The van der Waals surface area contributed by atoms with Crippen molar-refractivity contribution in [3.63, 3.8) is 0 Å². The number of hydrogen-bond donors (Lipinski definition) is 17. The summed E-state index contributed by atoms with van der Waals surface area (Å²) in [6, 6.07) is 11.6. The molecule has 4 aromatic carbocycles. The number of carbonyl (C=O) groups excluding carboxylic acids is 16. The standard InChI is InChI=1S/C94H138N16O18S2/c1-55-24-23-28-69-67(54-102-81(55)69)49-74-87(123)104-72(31-14-12-13-25-56(2)111)86(122)110-83(92(7,8)129-130-93(9,10)84(103-60(6)115)90(126)107-75(51-80(99)120)88(124)109-82(58(4)113)89(125)106-74)77(117)50-66(44-61-33-36-68(37-34-61)128-43-41-97)85(121)105-73(46-62-32-35-64-26-15-16-27-65(64)45-62)78(118)52-94(11,38-19-21-40-96)91(127)108-71(30-18-22-42-100-59(5)114)76(116)47-63(48-79(98)119)53-101-70(57(3)112)29-17-20-39-95/h15-16,23-24,26-28,32-37,45,54,58,63,66,70-75,82-84,101-102,113H,12-14,17-22,25,29-31,38-44,46-53,95-97H2,1-11H3,(H2,98,119)(H2,99,120)(H,100,114)(H,103,115)(H,104,123)(H,105,121)(H,106,125)(H,107,126)(H,108,127)(H,109,124)(H,110,122)/t58-,63+,66-,70-,71+,72+,73+,74+,75+,82+,83-,84-,94-/m1/s1. The van der Waals surface area contributed by atoms with Crippen LogP contribution in [-0.2, 0) is 96.0 Å². The maximum absolute atomic E-state index is 16.5. The summed E-state index contributed by atoms with van der Waals surface area (Å²) in [5.41, 5.74) is 30.6. The number of primary amides is 2. The molecule has 130 heavy (non-hydrogen) atoms. The van der Waals surface area contributed by atoms with Crippen LogP contribution in [0.5, 0.6) is 5.75 Å². The number of ether oxygens (including phenoxy) is 1. The normalized spacial score (nSPS) is 19.4. The molecule has 0 unspecified atom stereocenters. The van der Waals surface area contributed by atoms with Crippen molar-refractivity contribution in [1.29, 1.82) is 0 Å². The van der Waals surface area contributed by atoms with Gasteiger partial charge in [0.15, 0.2) is 17.3 Å². The summed E-state index contributed by atoms with van der Waals surface area (Å²) in [6.45, 7) is 17.6. The zero-order valence-corrected chi connectivity index (χ0v) is 78.6. The van der Waals surface area contributed by atoms with Crippen molar-refractivity contribution >= 4 is 137 Å². The summed E-state index contributed by atoms with van der Waals surface area (Å²) < 4.78 is 2.77. The monoisotopic (exact) mass is 1840 g/mol. The number of aromatic amines is 1. The highest BCUT2D eigenvalue weighted by atomic mass is 33.1. The van der Waals surface area contributed by atoms with Crippen LogP contribution in [0, 0.1) is 24.2 Å². The molecule has 11 amide bonds. The number of unbranched alkanes of at least 4 members (excludes halogenated alkanes) is 5. The molecule has 1 aromatic heterocycles. The SMILES string of the molecule is CC(=O)CCCCC[C@@H]1NC(=O)[C@H](Cc2c[nH]c3c(C)cccc23)NC(=O)[C@H]([C@@H](C)O)NC(=O)[C@H](CC(N)=O)NC(=O)[C@@H](NC(C)=O)C(C)(C)SSC(C)(C)[C@@H](C(=O)C[C@@H](Cc2ccc(OCCN)cc2)C(=O)N[C@@H](Cc2ccc3ccccc3c2)C(=O)C[C@@](C)(CCCCN)C(=O)N[C@@H](CCCCNC(C)=O)C(=O)C[C@H](CN[C@H](CCCCN)C(C)=O)CC(N)=O)NC1=O. The molecule has 1 aliphatic rings. The van der Waals surface area contributed by atoms with Gasteiger partial charge in [0, 0.05) is 98.0 Å². The summed E-state index contributed by atoms with van der Waals surface area (Å²) >= 11 is 0. The Morgan fingerprint density at radius 3 is 1.88 bits per heavy atom. The molecular weight excluding hydrogens is 1710 g/mol. The van der Waals surface area contributed by atoms with Crippen molar-refractivity contribution in [2.75, 3.05) is 39.3 Å². The van der Waals surface area contributed by atoms with Crippen molar-refractivity contribution < 1.29 is 86.6 Å². The molecular formula is C94H138N16O18S2. The first-order valence-corrected chi connectivity index (χ1v) is 47.1. The summed E-state index contributed by atoms with van der Waals surface area (Å²) in [4.78, 5) is 234. The number of para-hydroxylation sites is 1. The highest BCUT2D eigenvalue weighted by Gasteiger charge is 2.47. The molecule has 34 nitrogen and oxygen atoms in total. The second-order valence-electron chi connectivity index (χ2n) is 35.7. The van der Waals surface area contributed by atoms with E-state index in [9.17, 15) is 53.1 Å². The minimum Gasteiger partial charge on any atom is -0.492 e. The fourth-order valence-electron chi connectivity index (χ4n) is 15.9. The van der Waals surface area contributed by atoms with Crippen LogP contribution in [0.15, 0.2) is 91.1 Å². The van der Waals surface area contributed by atoms with Gasteiger partial charge in [-0.25, -0.2) is 0 Å². The van der Waals surface area contributed by atoms with E-state index in [0.717, 1.165) is 44.8 Å². The average molecular weight is 1840 g/mol. The average Bonchev–Trinajstić information content (AvgIpc) is 1.72. The van der Waals surface area contributed by atoms with Crippen LogP contribution in [0.1, 0.15) is 213 Å². The summed E-state index contributed by atoms with van der Waals surface area (Å²) in [7, 11) is 1.95. The van der Waals surface area contributed by atoms with E-state index in [1.807, 2.05) is 49.4 Å². The van der Waals surface area contributed by atoms with E-state index in [1.165, 1.54) is 27.7 Å². The Balaban J connectivity index is 1.53. The topological polar surface area (TPSA) is 569 Å². The summed E-state index contributed by atoms with van der Waals surface area (Å²) in [6.07, 6.45) is 0.930. The third kappa shape index (κ3) is 35.3. The lowest BCUT2D eigenvalue weighted by molar-refractivity contribution is -0.139. The van der Waals surface area contributed by atoms with Crippen LogP contribution >= 0.6 is 21.6 Å². The smallest absolute Gasteiger partial charge is 0.245 e. The van der Waals surface area contributed by atoms with E-state index >= 15 is 28.8 Å². The number of nitrogens with two attached hydrogens (primary N) is 5. The zero-order chi connectivity index (χ0) is 96.2. The van der Waals surface area contributed by atoms with Crippen molar-refractivity contribution in [3.8, 4) is 5.75 Å². The Labute approximate surface area is 769 Å². The Morgan fingerprint density at radius 2 is 1.24 bits per heavy atom.